The number of hydrogen-bond acceptors (Lipinski definition) is 5. The molecule has 0 amide bonds. The van der Waals surface area contributed by atoms with Crippen LogP contribution in [0.5, 0.6) is 0 Å². The van der Waals surface area contributed by atoms with Crippen molar-refractivity contribution in [3.05, 3.63) is 11.3 Å². The number of aryl methyl sites for hydroxylation is 1. The second-order valence-electron chi connectivity index (χ2n) is 4.02. The maximum absolute atomic E-state index is 9.00. The molecule has 1 aliphatic heterocycles. The third kappa shape index (κ3) is 2.69. The highest BCUT2D eigenvalue weighted by Gasteiger charge is 2.15. The lowest BCUT2D eigenvalue weighted by molar-refractivity contribution is 0.516. The van der Waals surface area contributed by atoms with E-state index in [1.807, 2.05) is 18.7 Å². The van der Waals surface area contributed by atoms with E-state index in [1.54, 1.807) is 0 Å². The monoisotopic (exact) mass is 253 g/mol. The molecule has 1 saturated heterocycles. The van der Waals surface area contributed by atoms with Crippen molar-refractivity contribution in [2.24, 2.45) is 5.92 Å². The van der Waals surface area contributed by atoms with E-state index in [0.717, 1.165) is 28.7 Å². The van der Waals surface area contributed by atoms with Gasteiger partial charge in [-0.15, -0.1) is 0 Å². The average molecular weight is 253 g/mol. The zero-order valence-electron chi connectivity index (χ0n) is 9.32. The molecule has 0 unspecified atom stereocenters. The molecule has 86 valence electrons. The van der Waals surface area contributed by atoms with Crippen LogP contribution >= 0.6 is 23.3 Å². The van der Waals surface area contributed by atoms with Crippen molar-refractivity contribution < 1.29 is 0 Å². The summed E-state index contributed by atoms with van der Waals surface area (Å²) in [7, 11) is 0. The van der Waals surface area contributed by atoms with Crippen LogP contribution in [0.15, 0.2) is 0 Å². The molecule has 1 aromatic heterocycles. The molecule has 1 aliphatic rings. The summed E-state index contributed by atoms with van der Waals surface area (Å²) >= 11 is 3.44. The van der Waals surface area contributed by atoms with Crippen molar-refractivity contribution in [3.8, 4) is 6.07 Å². The molecule has 0 aromatic carbocycles. The maximum Gasteiger partial charge on any atom is 0.127 e. The topological polar surface area (TPSA) is 48.7 Å². The Balaban J connectivity index is 1.91. The smallest absolute Gasteiger partial charge is 0.127 e. The highest BCUT2D eigenvalue weighted by Crippen LogP contribution is 2.26. The largest absolute Gasteiger partial charge is 0.374 e. The summed E-state index contributed by atoms with van der Waals surface area (Å²) in [6, 6.07) is 2.21. The van der Waals surface area contributed by atoms with Crippen LogP contribution in [0, 0.1) is 24.2 Å². The molecular formula is C11H15N3S2. The second kappa shape index (κ2) is 5.55. The Morgan fingerprint density at radius 1 is 1.50 bits per heavy atom. The van der Waals surface area contributed by atoms with Crippen molar-refractivity contribution in [3.63, 3.8) is 0 Å². The van der Waals surface area contributed by atoms with Crippen molar-refractivity contribution in [1.82, 2.24) is 4.37 Å². The lowest BCUT2D eigenvalue weighted by atomic mass is 10.0. The number of nitrogens with one attached hydrogen (secondary N) is 1. The Kier molecular flexibility index (Phi) is 4.08. The highest BCUT2D eigenvalue weighted by atomic mass is 32.2. The molecule has 1 fully saturated rings. The Labute approximate surface area is 104 Å². The van der Waals surface area contributed by atoms with Gasteiger partial charge in [0.05, 0.1) is 5.69 Å². The standard InChI is InChI=1S/C11H15N3S2/c1-8-10(6-12)11(16-14-8)13-7-9-2-4-15-5-3-9/h9,13H,2-5,7H2,1H3. The molecule has 0 spiro atoms. The molecule has 16 heavy (non-hydrogen) atoms. The summed E-state index contributed by atoms with van der Waals surface area (Å²) in [5, 5.41) is 13.3. The fourth-order valence-electron chi connectivity index (χ4n) is 1.81. The molecule has 1 aromatic rings. The molecule has 0 bridgehead atoms. The van der Waals surface area contributed by atoms with E-state index in [1.165, 1.54) is 35.9 Å². The zero-order valence-corrected chi connectivity index (χ0v) is 11.0. The molecule has 0 saturated carbocycles. The SMILES string of the molecule is Cc1nsc(NCC2CCSCC2)c1C#N. The molecule has 0 radical (unpaired) electrons. The summed E-state index contributed by atoms with van der Waals surface area (Å²) in [5.74, 6) is 3.31. The summed E-state index contributed by atoms with van der Waals surface area (Å²) < 4.78 is 4.20. The second-order valence-corrected chi connectivity index (χ2v) is 6.02. The predicted octanol–water partition coefficient (Wildman–Crippen LogP) is 2.88. The van der Waals surface area contributed by atoms with Crippen LogP contribution in [0.1, 0.15) is 24.1 Å². The van der Waals surface area contributed by atoms with Gasteiger partial charge in [-0.05, 0) is 48.7 Å². The minimum absolute atomic E-state index is 0.718. The molecule has 1 N–H and O–H groups in total. The van der Waals surface area contributed by atoms with Gasteiger partial charge in [0.15, 0.2) is 0 Å². The maximum atomic E-state index is 9.00. The van der Waals surface area contributed by atoms with Crippen molar-refractivity contribution >= 4 is 28.3 Å². The number of hydrogen-bond donors (Lipinski definition) is 1. The van der Waals surface area contributed by atoms with E-state index in [-0.39, 0.29) is 0 Å². The van der Waals surface area contributed by atoms with Crippen molar-refractivity contribution in [2.45, 2.75) is 19.8 Å². The van der Waals surface area contributed by atoms with E-state index in [4.69, 9.17) is 5.26 Å². The van der Waals surface area contributed by atoms with E-state index in [0.29, 0.717) is 0 Å². The van der Waals surface area contributed by atoms with Gasteiger partial charge in [0.2, 0.25) is 0 Å². The zero-order chi connectivity index (χ0) is 11.4. The number of thioether (sulfide) groups is 1. The predicted molar refractivity (Wildman–Crippen MR) is 70.1 cm³/mol. The van der Waals surface area contributed by atoms with Crippen LogP contribution in [0.25, 0.3) is 0 Å². The van der Waals surface area contributed by atoms with Crippen molar-refractivity contribution in [2.75, 3.05) is 23.4 Å². The molecule has 5 heteroatoms. The number of nitriles is 1. The number of rotatable bonds is 3. The molecule has 2 rings (SSSR count). The van der Waals surface area contributed by atoms with E-state index in [2.05, 4.69) is 15.8 Å². The van der Waals surface area contributed by atoms with Gasteiger partial charge in [0, 0.05) is 6.54 Å². The Bertz CT molecular complexity index is 388. The van der Waals surface area contributed by atoms with E-state index < -0.39 is 0 Å². The third-order valence-electron chi connectivity index (χ3n) is 2.87. The van der Waals surface area contributed by atoms with Gasteiger partial charge in [0.25, 0.3) is 0 Å². The molecule has 0 aliphatic carbocycles. The van der Waals surface area contributed by atoms with Crippen LogP contribution in [0.2, 0.25) is 0 Å². The first-order valence-corrected chi connectivity index (χ1v) is 7.42. The molecule has 0 atom stereocenters. The van der Waals surface area contributed by atoms with Gasteiger partial charge in [0.1, 0.15) is 16.6 Å². The van der Waals surface area contributed by atoms with Gasteiger partial charge in [-0.2, -0.15) is 21.4 Å². The Morgan fingerprint density at radius 3 is 2.94 bits per heavy atom. The van der Waals surface area contributed by atoms with Gasteiger partial charge >= 0.3 is 0 Å². The van der Waals surface area contributed by atoms with Crippen LogP contribution in [-0.4, -0.2) is 22.4 Å². The van der Waals surface area contributed by atoms with Crippen LogP contribution < -0.4 is 5.32 Å². The van der Waals surface area contributed by atoms with Crippen LogP contribution in [-0.2, 0) is 0 Å². The number of nitrogens with zero attached hydrogens (tertiary/aromatic N) is 2. The van der Waals surface area contributed by atoms with Gasteiger partial charge in [-0.25, -0.2) is 0 Å². The first-order chi connectivity index (χ1) is 7.81. The molecule has 3 nitrogen and oxygen atoms in total. The van der Waals surface area contributed by atoms with Gasteiger partial charge in [-0.3, -0.25) is 0 Å². The van der Waals surface area contributed by atoms with Crippen LogP contribution in [0.4, 0.5) is 5.00 Å². The fourth-order valence-corrected chi connectivity index (χ4v) is 3.77. The lowest BCUT2D eigenvalue weighted by Crippen LogP contribution is -2.19. The number of aromatic nitrogens is 1. The normalized spacial score (nSPS) is 17.0. The van der Waals surface area contributed by atoms with Gasteiger partial charge < -0.3 is 5.32 Å². The van der Waals surface area contributed by atoms with E-state index in [9.17, 15) is 0 Å². The summed E-state index contributed by atoms with van der Waals surface area (Å²) in [4.78, 5) is 0. The average Bonchev–Trinajstić information content (AvgIpc) is 2.68. The third-order valence-corrected chi connectivity index (χ3v) is 4.81. The van der Waals surface area contributed by atoms with Gasteiger partial charge in [-0.1, -0.05) is 0 Å². The highest BCUT2D eigenvalue weighted by molar-refractivity contribution is 7.99. The van der Waals surface area contributed by atoms with E-state index >= 15 is 0 Å². The minimum Gasteiger partial charge on any atom is -0.374 e. The fraction of sp³-hybridized carbons (Fsp3) is 0.636. The van der Waals surface area contributed by atoms with Crippen LogP contribution in [0.3, 0.4) is 0 Å². The van der Waals surface area contributed by atoms with Crippen molar-refractivity contribution in [1.29, 1.82) is 5.26 Å². The molecular weight excluding hydrogens is 238 g/mol. The first-order valence-electron chi connectivity index (χ1n) is 5.49. The Morgan fingerprint density at radius 2 is 2.25 bits per heavy atom. The Hall–Kier alpha value is -0.730. The first kappa shape index (κ1) is 11.7. The lowest BCUT2D eigenvalue weighted by Gasteiger charge is -2.21. The minimum atomic E-state index is 0.718. The summed E-state index contributed by atoms with van der Waals surface area (Å²) in [5.41, 5.74) is 1.56. The quantitative estimate of drug-likeness (QED) is 0.900. The number of anilines is 1. The summed E-state index contributed by atoms with van der Waals surface area (Å²) in [6.07, 6.45) is 2.58. The summed E-state index contributed by atoms with van der Waals surface area (Å²) in [6.45, 7) is 2.87. The molecule has 2 heterocycles.